The summed E-state index contributed by atoms with van der Waals surface area (Å²) in [6, 6.07) is 8.98. The second-order valence-corrected chi connectivity index (χ2v) is 6.57. The number of ether oxygens (including phenoxy) is 1. The molecule has 2 aromatic heterocycles. The quantitative estimate of drug-likeness (QED) is 0.708. The van der Waals surface area contributed by atoms with E-state index >= 15 is 0 Å². The number of hydrogen-bond acceptors (Lipinski definition) is 5. The molecule has 28 heavy (non-hydrogen) atoms. The number of anilines is 1. The van der Waals surface area contributed by atoms with E-state index in [4.69, 9.17) is 4.74 Å². The summed E-state index contributed by atoms with van der Waals surface area (Å²) < 4.78 is 8.36. The first-order valence-electron chi connectivity index (χ1n) is 9.12. The van der Waals surface area contributed by atoms with Gasteiger partial charge in [-0.15, -0.1) is 0 Å². The van der Waals surface area contributed by atoms with Gasteiger partial charge in [0.25, 0.3) is 0 Å². The van der Waals surface area contributed by atoms with E-state index in [1.807, 2.05) is 36.9 Å². The lowest BCUT2D eigenvalue weighted by Crippen LogP contribution is -2.16. The third-order valence-electron chi connectivity index (χ3n) is 4.08. The van der Waals surface area contributed by atoms with Gasteiger partial charge >= 0.3 is 6.09 Å². The Balaban J connectivity index is 1.82. The van der Waals surface area contributed by atoms with Crippen LogP contribution in [0.4, 0.5) is 10.5 Å². The van der Waals surface area contributed by atoms with Crippen LogP contribution >= 0.6 is 0 Å². The van der Waals surface area contributed by atoms with Crippen molar-refractivity contribution in [2.45, 2.75) is 33.2 Å². The third kappa shape index (κ3) is 4.64. The fraction of sp³-hybridized carbons (Fsp3) is 0.300. The van der Waals surface area contributed by atoms with Crippen LogP contribution in [-0.4, -0.2) is 32.3 Å². The Morgan fingerprint density at radius 3 is 2.82 bits per heavy atom. The summed E-state index contributed by atoms with van der Waals surface area (Å²) in [4.78, 5) is 23.9. The number of nitrogens with one attached hydrogen (secondary N) is 1. The van der Waals surface area contributed by atoms with Gasteiger partial charge in [-0.1, -0.05) is 12.1 Å². The molecule has 146 valence electrons. The minimum Gasteiger partial charge on any atom is -0.450 e. The highest BCUT2D eigenvalue weighted by atomic mass is 16.5. The molecule has 1 N–H and O–H groups in total. The van der Waals surface area contributed by atoms with Crippen LogP contribution in [0.15, 0.2) is 53.7 Å². The van der Waals surface area contributed by atoms with Gasteiger partial charge in [0.05, 0.1) is 19.0 Å². The molecule has 0 saturated carbocycles. The highest BCUT2D eigenvalue weighted by Gasteiger charge is 2.09. The van der Waals surface area contributed by atoms with Crippen molar-refractivity contribution in [2.24, 2.45) is 0 Å². The van der Waals surface area contributed by atoms with Gasteiger partial charge in [-0.05, 0) is 38.5 Å². The zero-order valence-electron chi connectivity index (χ0n) is 16.1. The number of rotatable bonds is 6. The molecule has 0 saturated heterocycles. The summed E-state index contributed by atoms with van der Waals surface area (Å²) in [5.74, 6) is 0. The van der Waals surface area contributed by atoms with Crippen molar-refractivity contribution in [3.63, 3.8) is 0 Å². The second kappa shape index (κ2) is 8.51. The van der Waals surface area contributed by atoms with Crippen molar-refractivity contribution >= 4 is 11.8 Å². The van der Waals surface area contributed by atoms with Crippen LogP contribution in [0.1, 0.15) is 38.1 Å². The summed E-state index contributed by atoms with van der Waals surface area (Å²) in [6.45, 7) is 6.12. The topological polar surface area (TPSA) is 91.0 Å². The molecule has 0 fully saturated rings. The van der Waals surface area contributed by atoms with Gasteiger partial charge in [0.2, 0.25) is 5.43 Å². The predicted molar refractivity (Wildman–Crippen MR) is 106 cm³/mol. The Hall–Kier alpha value is -3.42. The number of hydrogen-bond donors (Lipinski definition) is 1. The number of nitrogens with zero attached hydrogens (tertiary/aromatic N) is 4. The van der Waals surface area contributed by atoms with Crippen LogP contribution in [0.2, 0.25) is 0 Å². The maximum Gasteiger partial charge on any atom is 0.411 e. The van der Waals surface area contributed by atoms with Gasteiger partial charge in [-0.2, -0.15) is 10.2 Å². The standard InChI is InChI=1S/C20H23N5O3/c1-4-28-20(27)22-16-7-5-6-15(10-16)11-18-19(26)8-9-24(23-18)17-12-21-25(13-17)14(2)3/h5-10,12-14H,4,11H2,1-3H3,(H,22,27). The molecule has 3 rings (SSSR count). The van der Waals surface area contributed by atoms with Crippen molar-refractivity contribution in [1.29, 1.82) is 0 Å². The molecular formula is C20H23N5O3. The molecule has 0 spiro atoms. The smallest absolute Gasteiger partial charge is 0.411 e. The van der Waals surface area contributed by atoms with Crippen LogP contribution in [0.5, 0.6) is 0 Å². The molecule has 8 nitrogen and oxygen atoms in total. The summed E-state index contributed by atoms with van der Waals surface area (Å²) in [5, 5.41) is 11.4. The fourth-order valence-electron chi connectivity index (χ4n) is 2.68. The number of amides is 1. The minimum atomic E-state index is -0.512. The van der Waals surface area contributed by atoms with Gasteiger partial charge in [-0.3, -0.25) is 14.8 Å². The Labute approximate surface area is 162 Å². The van der Waals surface area contributed by atoms with E-state index < -0.39 is 6.09 Å². The molecule has 2 heterocycles. The Morgan fingerprint density at radius 1 is 1.29 bits per heavy atom. The zero-order valence-corrected chi connectivity index (χ0v) is 16.1. The van der Waals surface area contributed by atoms with E-state index in [1.165, 1.54) is 6.07 Å². The highest BCUT2D eigenvalue weighted by Crippen LogP contribution is 2.14. The maximum atomic E-state index is 12.3. The van der Waals surface area contributed by atoms with Crippen LogP contribution in [-0.2, 0) is 11.2 Å². The highest BCUT2D eigenvalue weighted by molar-refractivity contribution is 5.84. The molecule has 0 radical (unpaired) electrons. The Morgan fingerprint density at radius 2 is 2.11 bits per heavy atom. The summed E-state index contributed by atoms with van der Waals surface area (Å²) in [6.07, 6.45) is 5.06. The second-order valence-electron chi connectivity index (χ2n) is 6.57. The molecule has 8 heteroatoms. The molecule has 1 aromatic carbocycles. The normalized spacial score (nSPS) is 10.9. The molecule has 0 atom stereocenters. The maximum absolute atomic E-state index is 12.3. The molecule has 0 bridgehead atoms. The van der Waals surface area contributed by atoms with E-state index in [0.717, 1.165) is 11.3 Å². The van der Waals surface area contributed by atoms with Crippen LogP contribution in [0, 0.1) is 0 Å². The van der Waals surface area contributed by atoms with Gasteiger partial charge < -0.3 is 4.74 Å². The molecule has 3 aromatic rings. The molecule has 0 aliphatic rings. The predicted octanol–water partition coefficient (Wildman–Crippen LogP) is 3.17. The summed E-state index contributed by atoms with van der Waals surface area (Å²) in [7, 11) is 0. The molecule has 0 unspecified atom stereocenters. The molecular weight excluding hydrogens is 358 g/mol. The van der Waals surface area contributed by atoms with Crippen molar-refractivity contribution in [1.82, 2.24) is 19.6 Å². The van der Waals surface area contributed by atoms with Crippen LogP contribution < -0.4 is 10.7 Å². The van der Waals surface area contributed by atoms with Gasteiger partial charge in [0.1, 0.15) is 11.4 Å². The Bertz CT molecular complexity index is 1020. The molecule has 1 amide bonds. The van der Waals surface area contributed by atoms with E-state index in [9.17, 15) is 9.59 Å². The van der Waals surface area contributed by atoms with Crippen molar-refractivity contribution < 1.29 is 9.53 Å². The lowest BCUT2D eigenvalue weighted by molar-refractivity contribution is 0.168. The number of carbonyl (C=O) groups is 1. The largest absolute Gasteiger partial charge is 0.450 e. The van der Waals surface area contributed by atoms with Crippen LogP contribution in [0.25, 0.3) is 5.69 Å². The fourth-order valence-corrected chi connectivity index (χ4v) is 2.68. The van der Waals surface area contributed by atoms with Gasteiger partial charge in [-0.25, -0.2) is 9.48 Å². The van der Waals surface area contributed by atoms with E-state index in [0.29, 0.717) is 24.4 Å². The molecule has 0 aliphatic carbocycles. The average Bonchev–Trinajstić information content (AvgIpc) is 3.14. The zero-order chi connectivity index (χ0) is 20.1. The first-order chi connectivity index (χ1) is 13.5. The van der Waals surface area contributed by atoms with E-state index in [-0.39, 0.29) is 11.5 Å². The number of aromatic nitrogens is 4. The third-order valence-corrected chi connectivity index (χ3v) is 4.08. The first kappa shape index (κ1) is 19.3. The SMILES string of the molecule is CCOC(=O)Nc1cccc(Cc2nn(-c3cnn(C(C)C)c3)ccc2=O)c1. The summed E-state index contributed by atoms with van der Waals surface area (Å²) >= 11 is 0. The minimum absolute atomic E-state index is 0.142. The lowest BCUT2D eigenvalue weighted by atomic mass is 10.1. The van der Waals surface area contributed by atoms with Crippen molar-refractivity contribution in [2.75, 3.05) is 11.9 Å². The summed E-state index contributed by atoms with van der Waals surface area (Å²) in [5.41, 5.74) is 2.51. The van der Waals surface area contributed by atoms with Gasteiger partial charge in [0.15, 0.2) is 0 Å². The average molecular weight is 381 g/mol. The van der Waals surface area contributed by atoms with E-state index in [1.54, 1.807) is 36.1 Å². The van der Waals surface area contributed by atoms with Crippen molar-refractivity contribution in [3.8, 4) is 5.69 Å². The Kier molecular flexibility index (Phi) is 5.88. The van der Waals surface area contributed by atoms with Crippen LogP contribution in [0.3, 0.4) is 0 Å². The molecule has 0 aliphatic heterocycles. The first-order valence-corrected chi connectivity index (χ1v) is 9.12. The monoisotopic (exact) mass is 381 g/mol. The lowest BCUT2D eigenvalue weighted by Gasteiger charge is -2.08. The number of benzene rings is 1. The van der Waals surface area contributed by atoms with Crippen molar-refractivity contribution in [3.05, 3.63) is 70.4 Å². The number of carbonyl (C=O) groups excluding carboxylic acids is 1. The van der Waals surface area contributed by atoms with E-state index in [2.05, 4.69) is 15.5 Å². The van der Waals surface area contributed by atoms with Gasteiger partial charge in [0, 0.05) is 30.4 Å².